The number of hydrogen-bond acceptors (Lipinski definition) is 3. The molecule has 1 atom stereocenters. The normalized spacial score (nSPS) is 12.7. The molecule has 0 radical (unpaired) electrons. The van der Waals surface area contributed by atoms with Crippen LogP contribution < -0.4 is 11.3 Å². The van der Waals surface area contributed by atoms with Crippen LogP contribution in [-0.2, 0) is 0 Å². The van der Waals surface area contributed by atoms with Gasteiger partial charge in [-0.2, -0.15) is 0 Å². The molecule has 84 valence electrons. The maximum absolute atomic E-state index is 6.10. The van der Waals surface area contributed by atoms with Crippen LogP contribution in [-0.4, -0.2) is 0 Å². The quantitative estimate of drug-likeness (QED) is 0.656. The van der Waals surface area contributed by atoms with E-state index in [-0.39, 0.29) is 6.04 Å². The van der Waals surface area contributed by atoms with Crippen LogP contribution in [0.15, 0.2) is 41.0 Å². The fourth-order valence-corrected chi connectivity index (χ4v) is 2.03. The molecule has 1 heterocycles. The van der Waals surface area contributed by atoms with Gasteiger partial charge in [0.15, 0.2) is 0 Å². The van der Waals surface area contributed by atoms with Crippen molar-refractivity contribution in [2.45, 2.75) is 6.04 Å². The summed E-state index contributed by atoms with van der Waals surface area (Å²) in [6, 6.07) is 8.60. The Morgan fingerprint density at radius 1 is 1.25 bits per heavy atom. The predicted molar refractivity (Wildman–Crippen MR) is 64.3 cm³/mol. The van der Waals surface area contributed by atoms with Crippen LogP contribution in [0.1, 0.15) is 17.4 Å². The number of halogens is 2. The number of hydrazine groups is 1. The maximum atomic E-state index is 6.10. The van der Waals surface area contributed by atoms with Crippen molar-refractivity contribution < 1.29 is 4.42 Å². The molecule has 3 nitrogen and oxygen atoms in total. The van der Waals surface area contributed by atoms with Gasteiger partial charge in [-0.15, -0.1) is 0 Å². The van der Waals surface area contributed by atoms with Gasteiger partial charge in [0.05, 0.1) is 6.26 Å². The molecule has 3 N–H and O–H groups in total. The number of rotatable bonds is 3. The van der Waals surface area contributed by atoms with Crippen LogP contribution in [0.3, 0.4) is 0 Å². The van der Waals surface area contributed by atoms with E-state index in [4.69, 9.17) is 33.5 Å². The van der Waals surface area contributed by atoms with E-state index in [1.165, 1.54) is 0 Å². The molecule has 0 saturated carbocycles. The van der Waals surface area contributed by atoms with Crippen molar-refractivity contribution in [3.05, 3.63) is 58.0 Å². The first-order chi connectivity index (χ1) is 7.72. The van der Waals surface area contributed by atoms with Crippen molar-refractivity contribution in [3.63, 3.8) is 0 Å². The Labute approximate surface area is 103 Å². The standard InChI is InChI=1S/C11H10Cl2N2O/c12-7-3-4-8(9(13)6-7)11(15-14)10-2-1-5-16-10/h1-6,11,15H,14H2. The lowest BCUT2D eigenvalue weighted by Gasteiger charge is -2.15. The minimum absolute atomic E-state index is 0.278. The lowest BCUT2D eigenvalue weighted by atomic mass is 10.1. The van der Waals surface area contributed by atoms with E-state index < -0.39 is 0 Å². The highest BCUT2D eigenvalue weighted by molar-refractivity contribution is 6.35. The molecule has 0 amide bonds. The van der Waals surface area contributed by atoms with Gasteiger partial charge in [0.2, 0.25) is 0 Å². The van der Waals surface area contributed by atoms with Crippen molar-refractivity contribution in [2.24, 2.45) is 5.84 Å². The molecule has 16 heavy (non-hydrogen) atoms. The molecular weight excluding hydrogens is 247 g/mol. The first-order valence-corrected chi connectivity index (χ1v) is 5.42. The maximum Gasteiger partial charge on any atom is 0.126 e. The topological polar surface area (TPSA) is 51.2 Å². The van der Waals surface area contributed by atoms with E-state index in [1.54, 1.807) is 24.5 Å². The molecule has 0 spiro atoms. The van der Waals surface area contributed by atoms with Crippen LogP contribution in [0.25, 0.3) is 0 Å². The Bertz CT molecular complexity index is 471. The largest absolute Gasteiger partial charge is 0.467 e. The number of benzene rings is 1. The van der Waals surface area contributed by atoms with Gasteiger partial charge >= 0.3 is 0 Å². The highest BCUT2D eigenvalue weighted by Gasteiger charge is 2.17. The Morgan fingerprint density at radius 3 is 2.62 bits per heavy atom. The molecule has 0 aliphatic carbocycles. The van der Waals surface area contributed by atoms with Gasteiger partial charge in [-0.1, -0.05) is 29.3 Å². The van der Waals surface area contributed by atoms with Gasteiger partial charge in [0, 0.05) is 10.0 Å². The van der Waals surface area contributed by atoms with Crippen LogP contribution in [0, 0.1) is 0 Å². The van der Waals surface area contributed by atoms with Gasteiger partial charge in [-0.3, -0.25) is 5.84 Å². The van der Waals surface area contributed by atoms with E-state index in [9.17, 15) is 0 Å². The average Bonchev–Trinajstić information content (AvgIpc) is 2.75. The third-order valence-corrected chi connectivity index (χ3v) is 2.83. The molecular formula is C11H10Cl2N2O. The minimum Gasteiger partial charge on any atom is -0.467 e. The molecule has 5 heteroatoms. The van der Waals surface area contributed by atoms with Crippen molar-refractivity contribution in [1.82, 2.24) is 5.43 Å². The zero-order valence-corrected chi connectivity index (χ0v) is 9.79. The molecule has 1 aromatic heterocycles. The van der Waals surface area contributed by atoms with E-state index in [2.05, 4.69) is 5.43 Å². The molecule has 1 unspecified atom stereocenters. The third-order valence-electron chi connectivity index (χ3n) is 2.27. The number of hydrogen-bond donors (Lipinski definition) is 2. The second-order valence-corrected chi connectivity index (χ2v) is 4.12. The third kappa shape index (κ3) is 2.23. The monoisotopic (exact) mass is 256 g/mol. The van der Waals surface area contributed by atoms with Gasteiger partial charge < -0.3 is 4.42 Å². The van der Waals surface area contributed by atoms with Crippen LogP contribution in [0.5, 0.6) is 0 Å². The molecule has 2 rings (SSSR count). The molecule has 0 aliphatic rings. The van der Waals surface area contributed by atoms with Gasteiger partial charge in [0.25, 0.3) is 0 Å². The highest BCUT2D eigenvalue weighted by Crippen LogP contribution is 2.30. The van der Waals surface area contributed by atoms with E-state index in [0.717, 1.165) is 5.56 Å². The second-order valence-electron chi connectivity index (χ2n) is 3.28. The zero-order chi connectivity index (χ0) is 11.5. The molecule has 2 aromatic rings. The molecule has 0 aliphatic heterocycles. The van der Waals surface area contributed by atoms with E-state index >= 15 is 0 Å². The van der Waals surface area contributed by atoms with Crippen LogP contribution in [0.4, 0.5) is 0 Å². The molecule has 0 bridgehead atoms. The number of nitrogens with two attached hydrogens (primary N) is 1. The summed E-state index contributed by atoms with van der Waals surface area (Å²) < 4.78 is 5.29. The summed E-state index contributed by atoms with van der Waals surface area (Å²) >= 11 is 11.9. The van der Waals surface area contributed by atoms with E-state index in [0.29, 0.717) is 15.8 Å². The molecule has 0 fully saturated rings. The minimum atomic E-state index is -0.278. The lowest BCUT2D eigenvalue weighted by Crippen LogP contribution is -2.28. The average molecular weight is 257 g/mol. The van der Waals surface area contributed by atoms with Gasteiger partial charge in [-0.05, 0) is 29.8 Å². The second kappa shape index (κ2) is 4.89. The number of furan rings is 1. The molecule has 1 aromatic carbocycles. The SMILES string of the molecule is NNC(c1ccco1)c1ccc(Cl)cc1Cl. The summed E-state index contributed by atoms with van der Waals surface area (Å²) in [7, 11) is 0. The van der Waals surface area contributed by atoms with E-state index in [1.807, 2.05) is 12.1 Å². The number of nitrogens with one attached hydrogen (secondary N) is 1. The van der Waals surface area contributed by atoms with Gasteiger partial charge in [0.1, 0.15) is 11.8 Å². The summed E-state index contributed by atoms with van der Waals surface area (Å²) in [5.74, 6) is 6.20. The zero-order valence-electron chi connectivity index (χ0n) is 8.28. The summed E-state index contributed by atoms with van der Waals surface area (Å²) in [6.45, 7) is 0. The fraction of sp³-hybridized carbons (Fsp3) is 0.0909. The van der Waals surface area contributed by atoms with Crippen molar-refractivity contribution >= 4 is 23.2 Å². The first-order valence-electron chi connectivity index (χ1n) is 4.67. The summed E-state index contributed by atoms with van der Waals surface area (Å²) in [4.78, 5) is 0. The van der Waals surface area contributed by atoms with Gasteiger partial charge in [-0.25, -0.2) is 5.43 Å². The van der Waals surface area contributed by atoms with Crippen LogP contribution >= 0.6 is 23.2 Å². The van der Waals surface area contributed by atoms with Crippen molar-refractivity contribution in [2.75, 3.05) is 0 Å². The van der Waals surface area contributed by atoms with Crippen molar-refractivity contribution in [3.8, 4) is 0 Å². The Balaban J connectivity index is 2.41. The molecule has 0 saturated heterocycles. The predicted octanol–water partition coefficient (Wildman–Crippen LogP) is 3.14. The van der Waals surface area contributed by atoms with Crippen LogP contribution in [0.2, 0.25) is 10.0 Å². The smallest absolute Gasteiger partial charge is 0.126 e. The fourth-order valence-electron chi connectivity index (χ4n) is 1.52. The van der Waals surface area contributed by atoms with Crippen molar-refractivity contribution in [1.29, 1.82) is 0 Å². The summed E-state index contributed by atoms with van der Waals surface area (Å²) in [5, 5.41) is 1.14. The summed E-state index contributed by atoms with van der Waals surface area (Å²) in [5.41, 5.74) is 3.48. The highest BCUT2D eigenvalue weighted by atomic mass is 35.5. The Kier molecular flexibility index (Phi) is 3.51. The lowest BCUT2D eigenvalue weighted by molar-refractivity contribution is 0.452. The summed E-state index contributed by atoms with van der Waals surface area (Å²) in [6.07, 6.45) is 1.59. The first kappa shape index (κ1) is 11.5. The Morgan fingerprint density at radius 2 is 2.06 bits per heavy atom. The Hall–Kier alpha value is -1.000.